The number of hydrogen-bond donors (Lipinski definition) is 1. The third-order valence-corrected chi connectivity index (χ3v) is 2.95. The lowest BCUT2D eigenvalue weighted by molar-refractivity contribution is 0.0950. The van der Waals surface area contributed by atoms with Crippen molar-refractivity contribution >= 4 is 17.5 Å². The molecule has 0 aliphatic heterocycles. The summed E-state index contributed by atoms with van der Waals surface area (Å²) in [6, 6.07) is 1.58. The van der Waals surface area contributed by atoms with Gasteiger partial charge in [-0.25, -0.2) is 0 Å². The summed E-state index contributed by atoms with van der Waals surface area (Å²) in [6.45, 7) is 3.98. The number of carbonyl (C=O) groups excluding carboxylic acids is 1. The molecule has 0 bridgehead atoms. The van der Waals surface area contributed by atoms with E-state index in [-0.39, 0.29) is 5.91 Å². The molecule has 0 saturated carbocycles. The van der Waals surface area contributed by atoms with Crippen LogP contribution in [0.5, 0.6) is 0 Å². The predicted octanol–water partition coefficient (Wildman–Crippen LogP) is 2.27. The Kier molecular flexibility index (Phi) is 3.62. The Balaban J connectivity index is 2.08. The van der Waals surface area contributed by atoms with Crippen LogP contribution in [0.2, 0.25) is 5.02 Å². The van der Waals surface area contributed by atoms with Gasteiger partial charge in [-0.15, -0.1) is 0 Å². The van der Waals surface area contributed by atoms with Crippen LogP contribution in [0.1, 0.15) is 27.4 Å². The van der Waals surface area contributed by atoms with Gasteiger partial charge in [-0.3, -0.25) is 9.78 Å². The molecule has 0 saturated heterocycles. The highest BCUT2D eigenvalue weighted by molar-refractivity contribution is 6.33. The first-order valence-electron chi connectivity index (χ1n) is 5.39. The zero-order valence-corrected chi connectivity index (χ0v) is 10.8. The van der Waals surface area contributed by atoms with Gasteiger partial charge in [-0.1, -0.05) is 16.8 Å². The SMILES string of the molecule is Cc1noc(C)c1CNC(=O)c1cnccc1Cl. The fourth-order valence-corrected chi connectivity index (χ4v) is 1.75. The summed E-state index contributed by atoms with van der Waals surface area (Å²) in [7, 11) is 0. The van der Waals surface area contributed by atoms with Gasteiger partial charge < -0.3 is 9.84 Å². The summed E-state index contributed by atoms with van der Waals surface area (Å²) < 4.78 is 5.02. The maximum Gasteiger partial charge on any atom is 0.254 e. The molecule has 0 aliphatic rings. The Hall–Kier alpha value is -1.88. The van der Waals surface area contributed by atoms with E-state index in [1.807, 2.05) is 6.92 Å². The lowest BCUT2D eigenvalue weighted by Gasteiger charge is -2.05. The summed E-state index contributed by atoms with van der Waals surface area (Å²) in [5, 5.41) is 6.96. The van der Waals surface area contributed by atoms with E-state index in [9.17, 15) is 4.79 Å². The fraction of sp³-hybridized carbons (Fsp3) is 0.250. The van der Waals surface area contributed by atoms with Crippen LogP contribution in [0, 0.1) is 13.8 Å². The number of hydrogen-bond acceptors (Lipinski definition) is 4. The van der Waals surface area contributed by atoms with Gasteiger partial charge >= 0.3 is 0 Å². The molecule has 1 amide bonds. The zero-order valence-electron chi connectivity index (χ0n) is 10.0. The molecule has 5 nitrogen and oxygen atoms in total. The van der Waals surface area contributed by atoms with Gasteiger partial charge in [0.1, 0.15) is 5.76 Å². The van der Waals surface area contributed by atoms with Crippen LogP contribution in [0.3, 0.4) is 0 Å². The first kappa shape index (κ1) is 12.6. The van der Waals surface area contributed by atoms with Gasteiger partial charge in [-0.05, 0) is 19.9 Å². The summed E-state index contributed by atoms with van der Waals surface area (Å²) in [5.41, 5.74) is 2.00. The summed E-state index contributed by atoms with van der Waals surface area (Å²) in [4.78, 5) is 15.8. The van der Waals surface area contributed by atoms with Crippen molar-refractivity contribution in [3.8, 4) is 0 Å². The third-order valence-electron chi connectivity index (χ3n) is 2.62. The van der Waals surface area contributed by atoms with E-state index in [2.05, 4.69) is 15.5 Å². The summed E-state index contributed by atoms with van der Waals surface area (Å²) >= 11 is 5.91. The average molecular weight is 266 g/mol. The van der Waals surface area contributed by atoms with Gasteiger partial charge in [-0.2, -0.15) is 0 Å². The van der Waals surface area contributed by atoms with E-state index < -0.39 is 0 Å². The van der Waals surface area contributed by atoms with Crippen LogP contribution < -0.4 is 5.32 Å². The smallest absolute Gasteiger partial charge is 0.254 e. The molecule has 2 aromatic heterocycles. The first-order chi connectivity index (χ1) is 8.59. The zero-order chi connectivity index (χ0) is 13.1. The van der Waals surface area contributed by atoms with Gasteiger partial charge in [0.15, 0.2) is 0 Å². The molecule has 0 fully saturated rings. The monoisotopic (exact) mass is 265 g/mol. The Morgan fingerprint density at radius 3 is 2.89 bits per heavy atom. The first-order valence-corrected chi connectivity index (χ1v) is 5.77. The molecule has 2 heterocycles. The number of aromatic nitrogens is 2. The number of amides is 1. The van der Waals surface area contributed by atoms with Crippen molar-refractivity contribution in [1.82, 2.24) is 15.5 Å². The molecule has 2 rings (SSSR count). The van der Waals surface area contributed by atoms with E-state index in [0.717, 1.165) is 11.3 Å². The van der Waals surface area contributed by atoms with Crippen molar-refractivity contribution in [2.75, 3.05) is 0 Å². The summed E-state index contributed by atoms with van der Waals surface area (Å²) in [6.07, 6.45) is 2.97. The van der Waals surface area contributed by atoms with E-state index in [1.54, 1.807) is 13.0 Å². The largest absolute Gasteiger partial charge is 0.361 e. The van der Waals surface area contributed by atoms with Crippen molar-refractivity contribution < 1.29 is 9.32 Å². The number of nitrogens with one attached hydrogen (secondary N) is 1. The molecule has 0 spiro atoms. The molecule has 18 heavy (non-hydrogen) atoms. The second kappa shape index (κ2) is 5.18. The molecular weight excluding hydrogens is 254 g/mol. The van der Waals surface area contributed by atoms with E-state index in [0.29, 0.717) is 22.9 Å². The van der Waals surface area contributed by atoms with Gasteiger partial charge in [0.2, 0.25) is 0 Å². The van der Waals surface area contributed by atoms with Gasteiger partial charge in [0, 0.05) is 24.5 Å². The van der Waals surface area contributed by atoms with Crippen molar-refractivity contribution in [3.05, 3.63) is 46.1 Å². The second-order valence-corrected chi connectivity index (χ2v) is 4.25. The van der Waals surface area contributed by atoms with E-state index in [4.69, 9.17) is 16.1 Å². The maximum absolute atomic E-state index is 11.9. The highest BCUT2D eigenvalue weighted by atomic mass is 35.5. The van der Waals surface area contributed by atoms with Crippen LogP contribution in [0.4, 0.5) is 0 Å². The predicted molar refractivity (Wildman–Crippen MR) is 66.4 cm³/mol. The van der Waals surface area contributed by atoms with Crippen LogP contribution >= 0.6 is 11.6 Å². The maximum atomic E-state index is 11.9. The second-order valence-electron chi connectivity index (χ2n) is 3.84. The molecule has 0 atom stereocenters. The lowest BCUT2D eigenvalue weighted by atomic mass is 10.2. The van der Waals surface area contributed by atoms with Gasteiger partial charge in [0.25, 0.3) is 5.91 Å². The molecule has 2 aromatic rings. The third kappa shape index (κ3) is 2.51. The number of rotatable bonds is 3. The molecule has 1 N–H and O–H groups in total. The highest BCUT2D eigenvalue weighted by Crippen LogP contribution is 2.15. The number of nitrogens with zero attached hydrogens (tertiary/aromatic N) is 2. The van der Waals surface area contributed by atoms with Crippen LogP contribution in [-0.4, -0.2) is 16.0 Å². The lowest BCUT2D eigenvalue weighted by Crippen LogP contribution is -2.23. The number of carbonyl (C=O) groups is 1. The minimum absolute atomic E-state index is 0.270. The number of aryl methyl sites for hydroxylation is 2. The Labute approximate surface area is 109 Å². The van der Waals surface area contributed by atoms with Crippen molar-refractivity contribution in [3.63, 3.8) is 0 Å². The molecule has 94 valence electrons. The van der Waals surface area contributed by atoms with Crippen LogP contribution in [-0.2, 0) is 6.54 Å². The minimum Gasteiger partial charge on any atom is -0.361 e. The average Bonchev–Trinajstić information content (AvgIpc) is 2.67. The molecule has 0 aromatic carbocycles. The van der Waals surface area contributed by atoms with Crippen LogP contribution in [0.25, 0.3) is 0 Å². The van der Waals surface area contributed by atoms with Crippen molar-refractivity contribution in [1.29, 1.82) is 0 Å². The molecule has 6 heteroatoms. The Bertz CT molecular complexity index is 561. The van der Waals surface area contributed by atoms with Crippen LogP contribution in [0.15, 0.2) is 23.0 Å². The number of halogens is 1. The van der Waals surface area contributed by atoms with E-state index >= 15 is 0 Å². The van der Waals surface area contributed by atoms with E-state index in [1.165, 1.54) is 12.4 Å². The topological polar surface area (TPSA) is 68.0 Å². The minimum atomic E-state index is -0.270. The fourth-order valence-electron chi connectivity index (χ4n) is 1.56. The molecular formula is C12H12ClN3O2. The number of pyridine rings is 1. The molecule has 0 aliphatic carbocycles. The summed E-state index contributed by atoms with van der Waals surface area (Å²) in [5.74, 6) is 0.429. The standard InChI is InChI=1S/C12H12ClN3O2/c1-7-9(8(2)18-16-7)6-15-12(17)10-5-14-4-3-11(10)13/h3-5H,6H2,1-2H3,(H,15,17). The Morgan fingerprint density at radius 1 is 1.50 bits per heavy atom. The van der Waals surface area contributed by atoms with Crippen molar-refractivity contribution in [2.24, 2.45) is 0 Å². The highest BCUT2D eigenvalue weighted by Gasteiger charge is 2.13. The van der Waals surface area contributed by atoms with Gasteiger partial charge in [0.05, 0.1) is 16.3 Å². The van der Waals surface area contributed by atoms with Crippen molar-refractivity contribution in [2.45, 2.75) is 20.4 Å². The quantitative estimate of drug-likeness (QED) is 0.924. The normalized spacial score (nSPS) is 10.4. The molecule has 0 radical (unpaired) electrons. The molecule has 0 unspecified atom stereocenters. The Morgan fingerprint density at radius 2 is 2.28 bits per heavy atom.